The number of carbonyl (C=O) groups is 1. The number of carbonyl (C=O) groups excluding carboxylic acids is 1. The molecule has 0 bridgehead atoms. The van der Waals surface area contributed by atoms with Crippen LogP contribution in [0, 0.1) is 0 Å². The van der Waals surface area contributed by atoms with Gasteiger partial charge in [-0.1, -0.05) is 12.1 Å². The van der Waals surface area contributed by atoms with Gasteiger partial charge in [0.1, 0.15) is 5.75 Å². The Kier molecular flexibility index (Phi) is 6.07. The molecule has 2 heterocycles. The molecule has 1 aromatic rings. The smallest absolute Gasteiger partial charge is 0.220 e. The third-order valence-electron chi connectivity index (χ3n) is 4.69. The summed E-state index contributed by atoms with van der Waals surface area (Å²) in [6.07, 6.45) is 1.18. The van der Waals surface area contributed by atoms with E-state index in [2.05, 4.69) is 10.2 Å². The maximum absolute atomic E-state index is 12.3. The van der Waals surface area contributed by atoms with Crippen LogP contribution in [0.15, 0.2) is 24.3 Å². The van der Waals surface area contributed by atoms with Gasteiger partial charge in [-0.15, -0.1) is 0 Å². The first-order valence-electron chi connectivity index (χ1n) is 8.58. The lowest BCUT2D eigenvalue weighted by Gasteiger charge is -2.34. The van der Waals surface area contributed by atoms with Crippen molar-refractivity contribution in [2.45, 2.75) is 24.9 Å². The minimum absolute atomic E-state index is 0.0703. The largest absolute Gasteiger partial charge is 0.497 e. The van der Waals surface area contributed by atoms with Crippen molar-refractivity contribution >= 4 is 5.91 Å². The standard InChI is InChI=1S/C18H26N2O4/c1-22-15-4-2-3-14(11-15)5-6-18(21)19-16-12-24-13-17(16)20-7-9-23-10-8-20/h2-4,11,16-17H,5-10,12-13H2,1H3,(H,19,21)/t16-,17-/m1/s1. The number of nitrogens with one attached hydrogen (secondary N) is 1. The van der Waals surface area contributed by atoms with Gasteiger partial charge in [0.2, 0.25) is 5.91 Å². The molecule has 1 N–H and O–H groups in total. The molecular weight excluding hydrogens is 308 g/mol. The molecule has 2 saturated heterocycles. The number of amides is 1. The third-order valence-corrected chi connectivity index (χ3v) is 4.69. The second kappa shape index (κ2) is 8.46. The molecule has 6 heteroatoms. The Morgan fingerprint density at radius 3 is 2.92 bits per heavy atom. The van der Waals surface area contributed by atoms with Gasteiger partial charge in [0.05, 0.1) is 45.6 Å². The van der Waals surface area contributed by atoms with E-state index < -0.39 is 0 Å². The third kappa shape index (κ3) is 4.47. The summed E-state index contributed by atoms with van der Waals surface area (Å²) in [6.45, 7) is 4.60. The van der Waals surface area contributed by atoms with Crippen LogP contribution in [-0.4, -0.2) is 69.5 Å². The summed E-state index contributed by atoms with van der Waals surface area (Å²) in [5.41, 5.74) is 1.11. The Hall–Kier alpha value is -1.63. The van der Waals surface area contributed by atoms with Gasteiger partial charge < -0.3 is 19.5 Å². The zero-order valence-electron chi connectivity index (χ0n) is 14.2. The molecular formula is C18H26N2O4. The van der Waals surface area contributed by atoms with Crippen LogP contribution in [-0.2, 0) is 20.7 Å². The van der Waals surface area contributed by atoms with Gasteiger partial charge in [-0.3, -0.25) is 9.69 Å². The quantitative estimate of drug-likeness (QED) is 0.836. The first-order chi connectivity index (χ1) is 11.8. The molecule has 2 aliphatic heterocycles. The topological polar surface area (TPSA) is 60.0 Å². The van der Waals surface area contributed by atoms with Crippen LogP contribution in [0.5, 0.6) is 5.75 Å². The lowest BCUT2D eigenvalue weighted by atomic mass is 10.1. The van der Waals surface area contributed by atoms with Crippen molar-refractivity contribution in [1.82, 2.24) is 10.2 Å². The fourth-order valence-electron chi connectivity index (χ4n) is 3.31. The van der Waals surface area contributed by atoms with Gasteiger partial charge in [-0.25, -0.2) is 0 Å². The van der Waals surface area contributed by atoms with Crippen LogP contribution >= 0.6 is 0 Å². The molecule has 132 valence electrons. The predicted molar refractivity (Wildman–Crippen MR) is 90.2 cm³/mol. The fourth-order valence-corrected chi connectivity index (χ4v) is 3.31. The molecule has 0 aliphatic carbocycles. The van der Waals surface area contributed by atoms with E-state index in [-0.39, 0.29) is 18.0 Å². The van der Waals surface area contributed by atoms with E-state index in [0.717, 1.165) is 37.6 Å². The Labute approximate surface area is 143 Å². The predicted octanol–water partition coefficient (Wildman–Crippen LogP) is 0.844. The normalized spacial score (nSPS) is 24.7. The van der Waals surface area contributed by atoms with Gasteiger partial charge in [-0.05, 0) is 24.1 Å². The van der Waals surface area contributed by atoms with Crippen molar-refractivity contribution in [2.24, 2.45) is 0 Å². The molecule has 1 aromatic carbocycles. The van der Waals surface area contributed by atoms with Crippen LogP contribution in [0.1, 0.15) is 12.0 Å². The molecule has 0 spiro atoms. The summed E-state index contributed by atoms with van der Waals surface area (Å²) >= 11 is 0. The fraction of sp³-hybridized carbons (Fsp3) is 0.611. The van der Waals surface area contributed by atoms with Crippen LogP contribution < -0.4 is 10.1 Å². The van der Waals surface area contributed by atoms with Gasteiger partial charge in [0, 0.05) is 19.5 Å². The molecule has 0 saturated carbocycles. The van der Waals surface area contributed by atoms with Crippen LogP contribution in [0.25, 0.3) is 0 Å². The molecule has 3 rings (SSSR count). The van der Waals surface area contributed by atoms with Crippen LogP contribution in [0.3, 0.4) is 0 Å². The Morgan fingerprint density at radius 1 is 1.29 bits per heavy atom. The number of rotatable bonds is 6. The van der Waals surface area contributed by atoms with E-state index in [1.165, 1.54) is 0 Å². The summed E-state index contributed by atoms with van der Waals surface area (Å²) in [7, 11) is 1.65. The number of methoxy groups -OCH3 is 1. The number of nitrogens with zero attached hydrogens (tertiary/aromatic N) is 1. The molecule has 6 nitrogen and oxygen atoms in total. The van der Waals surface area contributed by atoms with Crippen LogP contribution in [0.2, 0.25) is 0 Å². The molecule has 0 unspecified atom stereocenters. The van der Waals surface area contributed by atoms with Crippen LogP contribution in [0.4, 0.5) is 0 Å². The van der Waals surface area contributed by atoms with E-state index in [9.17, 15) is 4.79 Å². The molecule has 1 amide bonds. The Bertz CT molecular complexity index is 546. The van der Waals surface area contributed by atoms with Gasteiger partial charge in [0.25, 0.3) is 0 Å². The zero-order valence-corrected chi connectivity index (χ0v) is 14.2. The highest BCUT2D eigenvalue weighted by molar-refractivity contribution is 5.76. The number of benzene rings is 1. The van der Waals surface area contributed by atoms with E-state index in [1.807, 2.05) is 24.3 Å². The molecule has 0 aromatic heterocycles. The highest BCUT2D eigenvalue weighted by atomic mass is 16.5. The number of morpholine rings is 1. The minimum atomic E-state index is 0.0703. The maximum atomic E-state index is 12.3. The van der Waals surface area contributed by atoms with Crippen molar-refractivity contribution < 1.29 is 19.0 Å². The highest BCUT2D eigenvalue weighted by Gasteiger charge is 2.34. The average molecular weight is 334 g/mol. The molecule has 24 heavy (non-hydrogen) atoms. The molecule has 2 atom stereocenters. The number of hydrogen-bond donors (Lipinski definition) is 1. The van der Waals surface area contributed by atoms with E-state index in [1.54, 1.807) is 7.11 Å². The van der Waals surface area contributed by atoms with Gasteiger partial charge >= 0.3 is 0 Å². The Balaban J connectivity index is 1.48. The van der Waals surface area contributed by atoms with E-state index >= 15 is 0 Å². The Morgan fingerprint density at radius 2 is 2.12 bits per heavy atom. The SMILES string of the molecule is COc1cccc(CCC(=O)N[C@@H]2COC[C@H]2N2CCOCC2)c1. The summed E-state index contributed by atoms with van der Waals surface area (Å²) in [5.74, 6) is 0.899. The first-order valence-corrected chi connectivity index (χ1v) is 8.58. The molecule has 2 aliphatic rings. The number of hydrogen-bond acceptors (Lipinski definition) is 5. The number of ether oxygens (including phenoxy) is 3. The molecule has 2 fully saturated rings. The second-order valence-electron chi connectivity index (χ2n) is 6.28. The van der Waals surface area contributed by atoms with Gasteiger partial charge in [-0.2, -0.15) is 0 Å². The van der Waals surface area contributed by atoms with Gasteiger partial charge in [0.15, 0.2) is 0 Å². The lowest BCUT2D eigenvalue weighted by Crippen LogP contribution is -2.54. The van der Waals surface area contributed by atoms with Crippen molar-refractivity contribution in [3.05, 3.63) is 29.8 Å². The average Bonchev–Trinajstić information content (AvgIpc) is 3.09. The summed E-state index contributed by atoms with van der Waals surface area (Å²) < 4.78 is 16.2. The maximum Gasteiger partial charge on any atom is 0.220 e. The molecule has 0 radical (unpaired) electrons. The summed E-state index contributed by atoms with van der Waals surface area (Å²) in [6, 6.07) is 8.18. The second-order valence-corrected chi connectivity index (χ2v) is 6.28. The van der Waals surface area contributed by atoms with Crippen molar-refractivity contribution in [3.63, 3.8) is 0 Å². The summed E-state index contributed by atoms with van der Waals surface area (Å²) in [5, 5.41) is 3.15. The minimum Gasteiger partial charge on any atom is -0.497 e. The van der Waals surface area contributed by atoms with Crippen molar-refractivity contribution in [3.8, 4) is 5.75 Å². The van der Waals surface area contributed by atoms with Crippen molar-refractivity contribution in [1.29, 1.82) is 0 Å². The summed E-state index contributed by atoms with van der Waals surface area (Å²) in [4.78, 5) is 14.7. The number of aryl methyl sites for hydroxylation is 1. The monoisotopic (exact) mass is 334 g/mol. The van der Waals surface area contributed by atoms with E-state index in [4.69, 9.17) is 14.2 Å². The van der Waals surface area contributed by atoms with E-state index in [0.29, 0.717) is 26.1 Å². The first kappa shape index (κ1) is 17.2. The lowest BCUT2D eigenvalue weighted by molar-refractivity contribution is -0.122. The highest BCUT2D eigenvalue weighted by Crippen LogP contribution is 2.16. The zero-order chi connectivity index (χ0) is 16.8. The van der Waals surface area contributed by atoms with Crippen molar-refractivity contribution in [2.75, 3.05) is 46.6 Å².